The van der Waals surface area contributed by atoms with Crippen LogP contribution in [0, 0.1) is 11.3 Å². The summed E-state index contributed by atoms with van der Waals surface area (Å²) in [4.78, 5) is 11.9. The number of nitrogens with one attached hydrogen (secondary N) is 1. The SMILES string of the molecule is CCCCCCCCCCNC(=O)c1cccc(C#N)c1. The Morgan fingerprint density at radius 3 is 2.43 bits per heavy atom. The van der Waals surface area contributed by atoms with Gasteiger partial charge in [0, 0.05) is 12.1 Å². The zero-order chi connectivity index (χ0) is 15.3. The first-order chi connectivity index (χ1) is 10.3. The van der Waals surface area contributed by atoms with Crippen molar-refractivity contribution in [3.8, 4) is 6.07 Å². The van der Waals surface area contributed by atoms with Crippen molar-refractivity contribution in [1.82, 2.24) is 5.32 Å². The fourth-order valence-electron chi connectivity index (χ4n) is 2.29. The minimum absolute atomic E-state index is 0.0879. The number of rotatable bonds is 10. The summed E-state index contributed by atoms with van der Waals surface area (Å²) in [5.74, 6) is -0.0879. The zero-order valence-electron chi connectivity index (χ0n) is 13.0. The van der Waals surface area contributed by atoms with E-state index in [1.54, 1.807) is 24.3 Å². The van der Waals surface area contributed by atoms with Gasteiger partial charge in [-0.2, -0.15) is 5.26 Å². The van der Waals surface area contributed by atoms with E-state index in [-0.39, 0.29) is 5.91 Å². The molecule has 0 unspecified atom stereocenters. The Hall–Kier alpha value is -1.82. The van der Waals surface area contributed by atoms with Crippen molar-refractivity contribution < 1.29 is 4.79 Å². The molecule has 0 bridgehead atoms. The van der Waals surface area contributed by atoms with E-state index in [9.17, 15) is 4.79 Å². The van der Waals surface area contributed by atoms with Crippen molar-refractivity contribution >= 4 is 5.91 Å². The molecule has 0 aliphatic rings. The van der Waals surface area contributed by atoms with Crippen LogP contribution in [0.2, 0.25) is 0 Å². The topological polar surface area (TPSA) is 52.9 Å². The highest BCUT2D eigenvalue weighted by molar-refractivity contribution is 5.94. The molecule has 0 aliphatic heterocycles. The third-order valence-electron chi connectivity index (χ3n) is 3.57. The molecular formula is C18H26N2O. The van der Waals surface area contributed by atoms with E-state index in [1.807, 2.05) is 6.07 Å². The van der Waals surface area contributed by atoms with Crippen LogP contribution in [-0.4, -0.2) is 12.5 Å². The van der Waals surface area contributed by atoms with Crippen molar-refractivity contribution in [3.63, 3.8) is 0 Å². The highest BCUT2D eigenvalue weighted by atomic mass is 16.1. The van der Waals surface area contributed by atoms with Gasteiger partial charge in [-0.15, -0.1) is 0 Å². The number of benzene rings is 1. The number of hydrogen-bond acceptors (Lipinski definition) is 2. The predicted molar refractivity (Wildman–Crippen MR) is 86.1 cm³/mol. The Kier molecular flexibility index (Phi) is 8.95. The number of unbranched alkanes of at least 4 members (excludes halogenated alkanes) is 7. The number of hydrogen-bond donors (Lipinski definition) is 1. The maximum absolute atomic E-state index is 11.9. The van der Waals surface area contributed by atoms with Crippen LogP contribution in [0.3, 0.4) is 0 Å². The number of carbonyl (C=O) groups excluding carboxylic acids is 1. The lowest BCUT2D eigenvalue weighted by Crippen LogP contribution is -2.24. The average molecular weight is 286 g/mol. The van der Waals surface area contributed by atoms with Gasteiger partial charge in [0.25, 0.3) is 5.91 Å². The number of amides is 1. The van der Waals surface area contributed by atoms with Gasteiger partial charge in [-0.25, -0.2) is 0 Å². The number of nitriles is 1. The molecule has 1 rings (SSSR count). The zero-order valence-corrected chi connectivity index (χ0v) is 13.0. The second-order valence-corrected chi connectivity index (χ2v) is 5.42. The van der Waals surface area contributed by atoms with Crippen LogP contribution in [0.15, 0.2) is 24.3 Å². The molecule has 1 amide bonds. The van der Waals surface area contributed by atoms with Crippen LogP contribution in [0.25, 0.3) is 0 Å². The molecule has 21 heavy (non-hydrogen) atoms. The summed E-state index contributed by atoms with van der Waals surface area (Å²) in [6.45, 7) is 2.94. The molecule has 3 nitrogen and oxygen atoms in total. The Morgan fingerprint density at radius 1 is 1.10 bits per heavy atom. The smallest absolute Gasteiger partial charge is 0.251 e. The highest BCUT2D eigenvalue weighted by Gasteiger charge is 2.05. The molecule has 114 valence electrons. The first-order valence-corrected chi connectivity index (χ1v) is 8.06. The lowest BCUT2D eigenvalue weighted by molar-refractivity contribution is 0.0953. The average Bonchev–Trinajstić information content (AvgIpc) is 2.53. The maximum Gasteiger partial charge on any atom is 0.251 e. The van der Waals surface area contributed by atoms with E-state index in [0.717, 1.165) is 6.42 Å². The van der Waals surface area contributed by atoms with Crippen LogP contribution >= 0.6 is 0 Å². The molecule has 0 radical (unpaired) electrons. The summed E-state index contributed by atoms with van der Waals surface area (Å²) in [6.07, 6.45) is 10.1. The Bertz CT molecular complexity index is 463. The molecular weight excluding hydrogens is 260 g/mol. The van der Waals surface area contributed by atoms with Crippen LogP contribution < -0.4 is 5.32 Å². The summed E-state index contributed by atoms with van der Waals surface area (Å²) >= 11 is 0. The van der Waals surface area contributed by atoms with Gasteiger partial charge in [-0.05, 0) is 24.6 Å². The summed E-state index contributed by atoms with van der Waals surface area (Å²) in [7, 11) is 0. The molecule has 0 spiro atoms. The van der Waals surface area contributed by atoms with Crippen LogP contribution in [-0.2, 0) is 0 Å². The Labute approximate surface area is 128 Å². The number of carbonyl (C=O) groups is 1. The van der Waals surface area contributed by atoms with Gasteiger partial charge in [0.1, 0.15) is 0 Å². The third-order valence-corrected chi connectivity index (χ3v) is 3.57. The lowest BCUT2D eigenvalue weighted by Gasteiger charge is -2.05. The predicted octanol–water partition coefficient (Wildman–Crippen LogP) is 4.43. The van der Waals surface area contributed by atoms with E-state index in [0.29, 0.717) is 17.7 Å². The van der Waals surface area contributed by atoms with E-state index in [4.69, 9.17) is 5.26 Å². The van der Waals surface area contributed by atoms with Gasteiger partial charge in [-0.1, -0.05) is 57.9 Å². The van der Waals surface area contributed by atoms with Crippen LogP contribution in [0.5, 0.6) is 0 Å². The molecule has 3 heteroatoms. The second-order valence-electron chi connectivity index (χ2n) is 5.42. The molecule has 0 saturated carbocycles. The first kappa shape index (κ1) is 17.2. The molecule has 1 aromatic rings. The minimum Gasteiger partial charge on any atom is -0.352 e. The van der Waals surface area contributed by atoms with Gasteiger partial charge in [0.05, 0.1) is 11.6 Å². The van der Waals surface area contributed by atoms with Crippen molar-refractivity contribution in [1.29, 1.82) is 5.26 Å². The summed E-state index contributed by atoms with van der Waals surface area (Å²) < 4.78 is 0. The van der Waals surface area contributed by atoms with Crippen molar-refractivity contribution in [2.24, 2.45) is 0 Å². The first-order valence-electron chi connectivity index (χ1n) is 8.06. The second kappa shape index (κ2) is 10.9. The van der Waals surface area contributed by atoms with Gasteiger partial charge in [0.2, 0.25) is 0 Å². The quantitative estimate of drug-likeness (QED) is 0.647. The molecule has 0 saturated heterocycles. The maximum atomic E-state index is 11.9. The van der Waals surface area contributed by atoms with Gasteiger partial charge in [0.15, 0.2) is 0 Å². The highest BCUT2D eigenvalue weighted by Crippen LogP contribution is 2.08. The lowest BCUT2D eigenvalue weighted by atomic mass is 10.1. The molecule has 1 aromatic carbocycles. The monoisotopic (exact) mass is 286 g/mol. The van der Waals surface area contributed by atoms with Gasteiger partial charge >= 0.3 is 0 Å². The largest absolute Gasteiger partial charge is 0.352 e. The summed E-state index contributed by atoms with van der Waals surface area (Å²) in [5.41, 5.74) is 1.09. The normalized spacial score (nSPS) is 10.1. The van der Waals surface area contributed by atoms with Gasteiger partial charge in [-0.3, -0.25) is 4.79 Å². The van der Waals surface area contributed by atoms with Crippen LogP contribution in [0.4, 0.5) is 0 Å². The van der Waals surface area contributed by atoms with Crippen molar-refractivity contribution in [2.75, 3.05) is 6.54 Å². The molecule has 0 heterocycles. The van der Waals surface area contributed by atoms with E-state index < -0.39 is 0 Å². The van der Waals surface area contributed by atoms with E-state index in [1.165, 1.54) is 44.9 Å². The van der Waals surface area contributed by atoms with E-state index in [2.05, 4.69) is 12.2 Å². The van der Waals surface area contributed by atoms with E-state index >= 15 is 0 Å². The van der Waals surface area contributed by atoms with Crippen molar-refractivity contribution in [3.05, 3.63) is 35.4 Å². The molecule has 0 atom stereocenters. The fraction of sp³-hybridized carbons (Fsp3) is 0.556. The standard InChI is InChI=1S/C18H26N2O/c1-2-3-4-5-6-7-8-9-13-20-18(21)17-12-10-11-16(14-17)15-19/h10-12,14H,2-9,13H2,1H3,(H,20,21). The molecule has 0 fully saturated rings. The van der Waals surface area contributed by atoms with Crippen LogP contribution in [0.1, 0.15) is 74.2 Å². The molecule has 1 N–H and O–H groups in total. The Morgan fingerprint density at radius 2 is 1.76 bits per heavy atom. The third kappa shape index (κ3) is 7.51. The minimum atomic E-state index is -0.0879. The summed E-state index contributed by atoms with van der Waals surface area (Å²) in [5, 5.41) is 11.7. The molecule has 0 aromatic heterocycles. The fourth-order valence-corrected chi connectivity index (χ4v) is 2.29. The Balaban J connectivity index is 2.10. The van der Waals surface area contributed by atoms with Gasteiger partial charge < -0.3 is 5.32 Å². The summed E-state index contributed by atoms with van der Waals surface area (Å²) in [6, 6.07) is 8.86. The molecule has 0 aliphatic carbocycles. The number of nitrogens with zero attached hydrogens (tertiary/aromatic N) is 1. The van der Waals surface area contributed by atoms with Crippen molar-refractivity contribution in [2.45, 2.75) is 58.3 Å².